The van der Waals surface area contributed by atoms with Crippen molar-refractivity contribution in [1.29, 1.82) is 0 Å². The normalized spacial score (nSPS) is 14.8. The second kappa shape index (κ2) is 11.1. The predicted octanol–water partition coefficient (Wildman–Crippen LogP) is 3.17. The van der Waals surface area contributed by atoms with E-state index < -0.39 is 6.10 Å². The molecule has 1 radical (unpaired) electrons. The fourth-order valence-corrected chi connectivity index (χ4v) is 1.30. The average Bonchev–Trinajstić information content (AvgIpc) is 2.34. The molecule has 0 amide bonds. The van der Waals surface area contributed by atoms with E-state index in [1.807, 2.05) is 6.92 Å². The first-order valence-electron chi connectivity index (χ1n) is 6.48. The lowest BCUT2D eigenvalue weighted by Crippen LogP contribution is -2.25. The van der Waals surface area contributed by atoms with Crippen LogP contribution in [0.15, 0.2) is 16.7 Å². The Hall–Kier alpha value is -0.965. The molecule has 0 aromatic carbocycles. The number of hydrogen-bond donors (Lipinski definition) is 1. The maximum absolute atomic E-state index is 9.33. The molecule has 0 aromatic rings. The lowest BCUT2D eigenvalue weighted by Gasteiger charge is -2.16. The number of rotatable bonds is 10. The van der Waals surface area contributed by atoms with E-state index in [1.165, 1.54) is 0 Å². The van der Waals surface area contributed by atoms with Crippen molar-refractivity contribution in [2.24, 2.45) is 5.11 Å². The summed E-state index contributed by atoms with van der Waals surface area (Å²) in [6, 6.07) is 0. The smallest absolute Gasteiger partial charge is 0.325 e. The van der Waals surface area contributed by atoms with Gasteiger partial charge in [0.2, 0.25) is 0 Å². The Bertz CT molecular complexity index is 289. The Labute approximate surface area is 110 Å². The Morgan fingerprint density at radius 1 is 1.56 bits per heavy atom. The highest BCUT2D eigenvalue weighted by molar-refractivity contribution is 6.38. The number of aliphatic hydroxyl groups excluding tert-OH is 1. The lowest BCUT2D eigenvalue weighted by molar-refractivity contribution is 0.0637. The fourth-order valence-electron chi connectivity index (χ4n) is 1.30. The summed E-state index contributed by atoms with van der Waals surface area (Å²) in [5.41, 5.74) is 9.28. The van der Waals surface area contributed by atoms with Gasteiger partial charge in [-0.3, -0.25) is 0 Å². The lowest BCUT2D eigenvalue weighted by atomic mass is 9.82. The molecule has 0 aromatic heterocycles. The first-order chi connectivity index (χ1) is 8.61. The maximum atomic E-state index is 9.33. The molecule has 1 N–H and O–H groups in total. The molecular formula is C12H23BN3O2. The van der Waals surface area contributed by atoms with Crippen LogP contribution in [0.3, 0.4) is 0 Å². The van der Waals surface area contributed by atoms with E-state index in [9.17, 15) is 5.11 Å². The summed E-state index contributed by atoms with van der Waals surface area (Å²) >= 11 is 0. The number of azide groups is 1. The molecule has 0 aliphatic carbocycles. The summed E-state index contributed by atoms with van der Waals surface area (Å²) in [4.78, 5) is 2.71. The Morgan fingerprint density at radius 3 is 2.83 bits per heavy atom. The summed E-state index contributed by atoms with van der Waals surface area (Å²) in [7, 11) is 1.73. The molecule has 0 saturated heterocycles. The minimum Gasteiger partial charge on any atom is -0.430 e. The molecule has 18 heavy (non-hydrogen) atoms. The molecule has 0 rings (SSSR count). The van der Waals surface area contributed by atoms with Gasteiger partial charge >= 0.3 is 7.48 Å². The van der Waals surface area contributed by atoms with Gasteiger partial charge in [-0.25, -0.2) is 0 Å². The van der Waals surface area contributed by atoms with Crippen LogP contribution < -0.4 is 0 Å². The monoisotopic (exact) mass is 252 g/mol. The van der Waals surface area contributed by atoms with E-state index in [4.69, 9.17) is 10.2 Å². The SMILES string of the molecule is CCC/C([B]OC(C)C(C)O)=C\CCCN=[N+]=[N-]. The highest BCUT2D eigenvalue weighted by atomic mass is 16.5. The molecule has 0 bridgehead atoms. The van der Waals surface area contributed by atoms with Gasteiger partial charge in [0.15, 0.2) is 0 Å². The van der Waals surface area contributed by atoms with Crippen molar-refractivity contribution in [2.75, 3.05) is 6.54 Å². The molecule has 0 heterocycles. The molecule has 2 unspecified atom stereocenters. The number of aliphatic hydroxyl groups is 1. The second-order valence-electron chi connectivity index (χ2n) is 4.33. The van der Waals surface area contributed by atoms with Crippen LogP contribution in [0.2, 0.25) is 0 Å². The quantitative estimate of drug-likeness (QED) is 0.213. The van der Waals surface area contributed by atoms with Crippen LogP contribution in [0.1, 0.15) is 46.5 Å². The predicted molar refractivity (Wildman–Crippen MR) is 74.2 cm³/mol. The van der Waals surface area contributed by atoms with Gasteiger partial charge in [-0.05, 0) is 38.6 Å². The molecular weight excluding hydrogens is 229 g/mol. The van der Waals surface area contributed by atoms with Crippen LogP contribution in [-0.2, 0) is 4.65 Å². The highest BCUT2D eigenvalue weighted by Gasteiger charge is 2.10. The zero-order valence-corrected chi connectivity index (χ0v) is 11.5. The average molecular weight is 252 g/mol. The third kappa shape index (κ3) is 9.11. The third-order valence-electron chi connectivity index (χ3n) is 2.58. The first kappa shape index (κ1) is 17.0. The summed E-state index contributed by atoms with van der Waals surface area (Å²) in [5, 5.41) is 12.8. The van der Waals surface area contributed by atoms with Gasteiger partial charge in [0.05, 0.1) is 12.2 Å². The molecule has 6 heteroatoms. The van der Waals surface area contributed by atoms with Crippen molar-refractivity contribution in [3.8, 4) is 0 Å². The van der Waals surface area contributed by atoms with Crippen LogP contribution in [0.5, 0.6) is 0 Å². The minimum absolute atomic E-state index is 0.201. The van der Waals surface area contributed by atoms with E-state index in [2.05, 4.69) is 23.0 Å². The maximum Gasteiger partial charge on any atom is 0.325 e. The van der Waals surface area contributed by atoms with Crippen LogP contribution in [0.4, 0.5) is 0 Å². The summed E-state index contributed by atoms with van der Waals surface area (Å²) in [6.45, 7) is 6.19. The van der Waals surface area contributed by atoms with E-state index >= 15 is 0 Å². The standard InChI is InChI=1S/C12H23BN3O2/c1-4-7-12(8-5-6-9-15-16-14)13-18-11(3)10(2)17/h8,10-11,17H,4-7,9H2,1-3H3/b12-8+. The first-order valence-corrected chi connectivity index (χ1v) is 6.48. The van der Waals surface area contributed by atoms with Crippen molar-refractivity contribution in [2.45, 2.75) is 58.7 Å². The topological polar surface area (TPSA) is 78.2 Å². The van der Waals surface area contributed by atoms with Gasteiger partial charge in [0.25, 0.3) is 0 Å². The number of unbranched alkanes of at least 4 members (excludes halogenated alkanes) is 1. The van der Waals surface area contributed by atoms with Crippen molar-refractivity contribution in [3.63, 3.8) is 0 Å². The molecule has 0 aliphatic rings. The minimum atomic E-state index is -0.478. The molecule has 5 nitrogen and oxygen atoms in total. The van der Waals surface area contributed by atoms with Gasteiger partial charge in [0.1, 0.15) is 0 Å². The van der Waals surface area contributed by atoms with Gasteiger partial charge in [-0.2, -0.15) is 0 Å². The summed E-state index contributed by atoms with van der Waals surface area (Å²) in [5.74, 6) is 0. The second-order valence-corrected chi connectivity index (χ2v) is 4.33. The third-order valence-corrected chi connectivity index (χ3v) is 2.58. The van der Waals surface area contributed by atoms with E-state index in [0.717, 1.165) is 31.2 Å². The van der Waals surface area contributed by atoms with Crippen LogP contribution in [0, 0.1) is 0 Å². The highest BCUT2D eigenvalue weighted by Crippen LogP contribution is 2.08. The Kier molecular flexibility index (Phi) is 10.5. The van der Waals surface area contributed by atoms with Gasteiger partial charge in [-0.1, -0.05) is 30.0 Å². The van der Waals surface area contributed by atoms with E-state index in [1.54, 1.807) is 14.4 Å². The van der Waals surface area contributed by atoms with Crippen LogP contribution >= 0.6 is 0 Å². The van der Waals surface area contributed by atoms with E-state index in [-0.39, 0.29) is 6.10 Å². The van der Waals surface area contributed by atoms with Crippen LogP contribution in [0.25, 0.3) is 10.4 Å². The zero-order valence-electron chi connectivity index (χ0n) is 11.5. The molecule has 0 saturated carbocycles. The van der Waals surface area contributed by atoms with E-state index in [0.29, 0.717) is 6.54 Å². The van der Waals surface area contributed by atoms with Crippen LogP contribution in [-0.4, -0.2) is 31.3 Å². The number of nitrogens with zero attached hydrogens (tertiary/aromatic N) is 3. The van der Waals surface area contributed by atoms with Crippen molar-refractivity contribution < 1.29 is 9.76 Å². The number of allylic oxidation sites excluding steroid dienone is 2. The van der Waals surface area contributed by atoms with Crippen molar-refractivity contribution in [1.82, 2.24) is 0 Å². The zero-order chi connectivity index (χ0) is 13.8. The van der Waals surface area contributed by atoms with Gasteiger partial charge in [-0.15, -0.1) is 0 Å². The fraction of sp³-hybridized carbons (Fsp3) is 0.833. The Morgan fingerprint density at radius 2 is 2.28 bits per heavy atom. The van der Waals surface area contributed by atoms with Gasteiger partial charge in [0, 0.05) is 11.5 Å². The number of hydrogen-bond acceptors (Lipinski definition) is 3. The van der Waals surface area contributed by atoms with Crippen molar-refractivity contribution in [3.05, 3.63) is 22.0 Å². The molecule has 2 atom stereocenters. The van der Waals surface area contributed by atoms with Gasteiger partial charge < -0.3 is 9.76 Å². The molecule has 0 aliphatic heterocycles. The Balaban J connectivity index is 4.03. The largest absolute Gasteiger partial charge is 0.430 e. The molecule has 0 spiro atoms. The molecule has 0 fully saturated rings. The summed E-state index contributed by atoms with van der Waals surface area (Å²) in [6.07, 6.45) is 5.14. The summed E-state index contributed by atoms with van der Waals surface area (Å²) < 4.78 is 5.47. The molecule has 101 valence electrons. The van der Waals surface area contributed by atoms with Crippen molar-refractivity contribution >= 4 is 7.48 Å².